The minimum atomic E-state index is -2.74. The molecular formula is C7H8K2O10. The maximum absolute atomic E-state index is 10.3. The fourth-order valence-corrected chi connectivity index (χ4v) is 0.714. The fourth-order valence-electron chi connectivity index (χ4n) is 0.714. The number of rotatable bonds is 5. The summed E-state index contributed by atoms with van der Waals surface area (Å²) in [5, 5.41) is 50.5. The summed E-state index contributed by atoms with van der Waals surface area (Å²) in [5.74, 6) is -5.02. The van der Waals surface area contributed by atoms with Gasteiger partial charge >= 0.3 is 121 Å². The minimum Gasteiger partial charge on any atom is -0.652 e. The van der Waals surface area contributed by atoms with E-state index in [0.29, 0.717) is 0 Å². The molecule has 0 amide bonds. The first-order chi connectivity index (χ1) is 7.51. The van der Waals surface area contributed by atoms with Gasteiger partial charge in [-0.2, -0.15) is 0 Å². The third kappa shape index (κ3) is 18.9. The van der Waals surface area contributed by atoms with E-state index in [9.17, 15) is 14.4 Å². The van der Waals surface area contributed by atoms with Crippen LogP contribution in [-0.4, -0.2) is 50.1 Å². The van der Waals surface area contributed by atoms with Crippen LogP contribution in [0, 0.1) is 0 Å². The molecular weight excluding hydrogens is 322 g/mol. The zero-order valence-electron chi connectivity index (χ0n) is 10.2. The molecule has 0 bridgehead atoms. The number of aliphatic hydroxyl groups is 1. The van der Waals surface area contributed by atoms with Crippen LogP contribution < -0.4 is 113 Å². The monoisotopic (exact) mass is 330 g/mol. The average molecular weight is 330 g/mol. The van der Waals surface area contributed by atoms with Gasteiger partial charge in [0.2, 0.25) is 0 Å². The molecule has 4 N–H and O–H groups in total. The van der Waals surface area contributed by atoms with Gasteiger partial charge in [-0.3, -0.25) is 9.59 Å². The second kappa shape index (κ2) is 13.9. The zero-order chi connectivity index (χ0) is 14.2. The van der Waals surface area contributed by atoms with Gasteiger partial charge in [0.05, 0.1) is 12.8 Å². The molecule has 0 aliphatic carbocycles. The first-order valence-corrected chi connectivity index (χ1v) is 3.78. The Labute approximate surface area is 191 Å². The maximum atomic E-state index is 10.3. The molecule has 98 valence electrons. The van der Waals surface area contributed by atoms with E-state index in [4.69, 9.17) is 35.4 Å². The summed E-state index contributed by atoms with van der Waals surface area (Å²) in [6.45, 7) is 0. The van der Waals surface area contributed by atoms with Gasteiger partial charge in [-0.25, -0.2) is 4.79 Å². The number of carboxylic acid groups (broad SMARTS) is 5. The standard InChI is InChI=1S/C6H8O7.CH2O3.2K/c7-3(8)1-6(13,5(11)12)2-4(9)10;2-1(3)4;;/h13H,1-2H2,(H,7,8)(H,9,10)(H,11,12);(H2,2,3,4);;/q;;2*+1/p-2. The van der Waals surface area contributed by atoms with Gasteiger partial charge in [-0.05, 0) is 6.16 Å². The molecule has 12 heteroatoms. The summed E-state index contributed by atoms with van der Waals surface area (Å²) >= 11 is 0. The molecule has 0 radical (unpaired) electrons. The second-order valence-corrected chi connectivity index (χ2v) is 2.73. The van der Waals surface area contributed by atoms with Crippen LogP contribution in [-0.2, 0) is 14.4 Å². The van der Waals surface area contributed by atoms with Gasteiger partial charge in [0.25, 0.3) is 0 Å². The Morgan fingerprint density at radius 2 is 1.05 bits per heavy atom. The predicted molar refractivity (Wildman–Crippen MR) is 42.5 cm³/mol. The van der Waals surface area contributed by atoms with E-state index in [1.54, 1.807) is 0 Å². The number of hydrogen-bond acceptors (Lipinski definition) is 7. The van der Waals surface area contributed by atoms with Crippen molar-refractivity contribution in [2.45, 2.75) is 18.4 Å². The molecule has 0 unspecified atom stereocenters. The Morgan fingerprint density at radius 1 is 0.842 bits per heavy atom. The average Bonchev–Trinajstić information content (AvgIpc) is 1.98. The topological polar surface area (TPSA) is 195 Å². The van der Waals surface area contributed by atoms with Crippen molar-refractivity contribution >= 4 is 24.1 Å². The van der Waals surface area contributed by atoms with Crippen molar-refractivity contribution in [3.63, 3.8) is 0 Å². The van der Waals surface area contributed by atoms with E-state index >= 15 is 0 Å². The second-order valence-electron chi connectivity index (χ2n) is 2.73. The molecule has 0 aliphatic rings. The molecule has 19 heavy (non-hydrogen) atoms. The first-order valence-electron chi connectivity index (χ1n) is 3.78. The van der Waals surface area contributed by atoms with Crippen molar-refractivity contribution in [1.29, 1.82) is 0 Å². The molecule has 0 rings (SSSR count). The largest absolute Gasteiger partial charge is 1.00 e. The minimum absolute atomic E-state index is 0. The van der Waals surface area contributed by atoms with Crippen LogP contribution in [0.25, 0.3) is 0 Å². The molecule has 0 spiro atoms. The van der Waals surface area contributed by atoms with Crippen molar-refractivity contribution in [2.75, 3.05) is 0 Å². The number of carboxylic acids is 3. The Kier molecular flexibility index (Phi) is 20.5. The van der Waals surface area contributed by atoms with Crippen LogP contribution in [0.1, 0.15) is 12.8 Å². The van der Waals surface area contributed by atoms with E-state index in [1.807, 2.05) is 0 Å². The van der Waals surface area contributed by atoms with Gasteiger partial charge in [0, 0.05) is 0 Å². The van der Waals surface area contributed by atoms with Crippen molar-refractivity contribution in [3.8, 4) is 0 Å². The molecule has 0 aliphatic heterocycles. The SMILES string of the molecule is O=C(O)CC(O)(CC(=O)O)C(=O)O.O=C([O-])[O-].[K+].[K+]. The number of carbonyl (C=O) groups excluding carboxylic acids is 1. The van der Waals surface area contributed by atoms with Gasteiger partial charge in [0.1, 0.15) is 0 Å². The summed E-state index contributed by atoms with van der Waals surface area (Å²) in [6, 6.07) is 0. The van der Waals surface area contributed by atoms with Crippen LogP contribution in [0.4, 0.5) is 4.79 Å². The Bertz CT molecular complexity index is 308. The van der Waals surface area contributed by atoms with Crippen LogP contribution in [0.3, 0.4) is 0 Å². The van der Waals surface area contributed by atoms with Gasteiger partial charge < -0.3 is 35.4 Å². The summed E-state index contributed by atoms with van der Waals surface area (Å²) < 4.78 is 0. The van der Waals surface area contributed by atoms with Gasteiger partial charge in [-0.15, -0.1) is 0 Å². The summed E-state index contributed by atoms with van der Waals surface area (Å²) in [6.07, 6.45) is -4.62. The third-order valence-corrected chi connectivity index (χ3v) is 1.29. The Morgan fingerprint density at radius 3 is 1.16 bits per heavy atom. The third-order valence-electron chi connectivity index (χ3n) is 1.29. The summed E-state index contributed by atoms with van der Waals surface area (Å²) in [5.41, 5.74) is -2.74. The normalized spacial score (nSPS) is 8.68. The van der Waals surface area contributed by atoms with Crippen molar-refractivity contribution in [2.24, 2.45) is 0 Å². The molecule has 0 aromatic heterocycles. The zero-order valence-corrected chi connectivity index (χ0v) is 16.4. The van der Waals surface area contributed by atoms with E-state index in [1.165, 1.54) is 0 Å². The van der Waals surface area contributed by atoms with Crippen molar-refractivity contribution < 1.29 is 153 Å². The van der Waals surface area contributed by atoms with Crippen LogP contribution in [0.5, 0.6) is 0 Å². The summed E-state index contributed by atoms with van der Waals surface area (Å²) in [4.78, 5) is 38.8. The molecule has 0 saturated carbocycles. The van der Waals surface area contributed by atoms with E-state index in [2.05, 4.69) is 0 Å². The Balaban J connectivity index is -0.000000165. The van der Waals surface area contributed by atoms with E-state index < -0.39 is 42.5 Å². The molecule has 0 atom stereocenters. The predicted octanol–water partition coefficient (Wildman–Crippen LogP) is -9.69. The fraction of sp³-hybridized carbons (Fsp3) is 0.429. The van der Waals surface area contributed by atoms with Crippen LogP contribution >= 0.6 is 0 Å². The molecule has 0 aromatic rings. The number of aliphatic carboxylic acids is 3. The molecule has 0 aromatic carbocycles. The van der Waals surface area contributed by atoms with E-state index in [-0.39, 0.29) is 103 Å². The molecule has 0 saturated heterocycles. The Hall–Kier alpha value is 0.913. The van der Waals surface area contributed by atoms with Crippen molar-refractivity contribution in [3.05, 3.63) is 0 Å². The quantitative estimate of drug-likeness (QED) is 0.351. The van der Waals surface area contributed by atoms with E-state index in [0.717, 1.165) is 0 Å². The molecule has 0 fully saturated rings. The molecule has 0 heterocycles. The number of carbonyl (C=O) groups is 4. The smallest absolute Gasteiger partial charge is 0.652 e. The van der Waals surface area contributed by atoms with Crippen LogP contribution in [0.15, 0.2) is 0 Å². The summed E-state index contributed by atoms with van der Waals surface area (Å²) in [7, 11) is 0. The van der Waals surface area contributed by atoms with Crippen LogP contribution in [0.2, 0.25) is 0 Å². The number of hydrogen-bond donors (Lipinski definition) is 4. The first kappa shape index (κ1) is 28.1. The van der Waals surface area contributed by atoms with Gasteiger partial charge in [0.15, 0.2) is 5.60 Å². The van der Waals surface area contributed by atoms with Gasteiger partial charge in [-0.1, -0.05) is 0 Å². The maximum Gasteiger partial charge on any atom is 1.00 e. The molecule has 10 nitrogen and oxygen atoms in total. The van der Waals surface area contributed by atoms with Crippen molar-refractivity contribution in [1.82, 2.24) is 0 Å².